The topological polar surface area (TPSA) is 28.6 Å². The number of hydrogen-bond donors (Lipinski definition) is 1. The Morgan fingerprint density at radius 3 is 2.67 bits per heavy atom. The standard InChI is InChI=1S/C16H25N3OS/c1-12(21)15-4-3-14(13-5-10-20-11-13)16(17-15)19-8-6-18(2)7-9-19/h3-4,12-13,21H,5-11H2,1-2H3/t12?,13-/m0/s1. The molecule has 0 aliphatic carbocycles. The third kappa shape index (κ3) is 3.35. The highest BCUT2D eigenvalue weighted by molar-refractivity contribution is 7.80. The first-order chi connectivity index (χ1) is 10.1. The molecule has 0 bridgehead atoms. The molecule has 2 fully saturated rings. The fourth-order valence-corrected chi connectivity index (χ4v) is 3.22. The molecule has 1 aromatic heterocycles. The van der Waals surface area contributed by atoms with Gasteiger partial charge in [-0.1, -0.05) is 6.07 Å². The summed E-state index contributed by atoms with van der Waals surface area (Å²) in [6.45, 7) is 8.09. The average molecular weight is 307 g/mol. The van der Waals surface area contributed by atoms with Crippen molar-refractivity contribution in [1.82, 2.24) is 9.88 Å². The largest absolute Gasteiger partial charge is 0.381 e. The van der Waals surface area contributed by atoms with Gasteiger partial charge < -0.3 is 14.5 Å². The number of anilines is 1. The molecular weight excluding hydrogens is 282 g/mol. The molecule has 2 aliphatic rings. The monoisotopic (exact) mass is 307 g/mol. The molecule has 2 saturated heterocycles. The minimum Gasteiger partial charge on any atom is -0.381 e. The summed E-state index contributed by atoms with van der Waals surface area (Å²) in [7, 11) is 2.18. The van der Waals surface area contributed by atoms with Crippen molar-refractivity contribution in [3.8, 4) is 0 Å². The Labute approximate surface area is 132 Å². The Kier molecular flexibility index (Phi) is 4.72. The molecule has 0 spiro atoms. The fraction of sp³-hybridized carbons (Fsp3) is 0.688. The highest BCUT2D eigenvalue weighted by Crippen LogP contribution is 2.34. The molecule has 1 aromatic rings. The Bertz CT molecular complexity index is 480. The second-order valence-electron chi connectivity index (χ2n) is 6.18. The van der Waals surface area contributed by atoms with Crippen LogP contribution in [0.2, 0.25) is 0 Å². The quantitative estimate of drug-likeness (QED) is 0.868. The van der Waals surface area contributed by atoms with Crippen LogP contribution < -0.4 is 4.90 Å². The van der Waals surface area contributed by atoms with Gasteiger partial charge in [-0.15, -0.1) is 0 Å². The summed E-state index contributed by atoms with van der Waals surface area (Å²) in [6, 6.07) is 4.38. The van der Waals surface area contributed by atoms with E-state index < -0.39 is 0 Å². The molecule has 2 aliphatic heterocycles. The first kappa shape index (κ1) is 15.1. The summed E-state index contributed by atoms with van der Waals surface area (Å²) >= 11 is 4.54. The lowest BCUT2D eigenvalue weighted by molar-refractivity contribution is 0.194. The third-order valence-corrected chi connectivity index (χ3v) is 4.79. The normalized spacial score (nSPS) is 25.3. The van der Waals surface area contributed by atoms with Gasteiger partial charge in [0.1, 0.15) is 5.82 Å². The van der Waals surface area contributed by atoms with Crippen molar-refractivity contribution < 1.29 is 4.74 Å². The molecule has 1 unspecified atom stereocenters. The minimum atomic E-state index is 0.171. The van der Waals surface area contributed by atoms with Gasteiger partial charge in [0, 0.05) is 49.5 Å². The molecule has 0 aromatic carbocycles. The number of pyridine rings is 1. The van der Waals surface area contributed by atoms with Gasteiger partial charge in [0.15, 0.2) is 0 Å². The van der Waals surface area contributed by atoms with Crippen LogP contribution in [0.3, 0.4) is 0 Å². The minimum absolute atomic E-state index is 0.171. The van der Waals surface area contributed by atoms with Crippen LogP contribution in [0.5, 0.6) is 0 Å². The molecule has 5 heteroatoms. The van der Waals surface area contributed by atoms with Crippen molar-refractivity contribution in [3.05, 3.63) is 23.4 Å². The van der Waals surface area contributed by atoms with Crippen molar-refractivity contribution in [2.75, 3.05) is 51.3 Å². The van der Waals surface area contributed by atoms with Crippen LogP contribution in [0.1, 0.15) is 35.8 Å². The van der Waals surface area contributed by atoms with Gasteiger partial charge in [0.05, 0.1) is 12.3 Å². The average Bonchev–Trinajstić information content (AvgIpc) is 3.01. The summed E-state index contributed by atoms with van der Waals surface area (Å²) in [5, 5.41) is 0.171. The summed E-state index contributed by atoms with van der Waals surface area (Å²) < 4.78 is 5.58. The number of piperazine rings is 1. The van der Waals surface area contributed by atoms with E-state index >= 15 is 0 Å². The van der Waals surface area contributed by atoms with E-state index in [0.29, 0.717) is 5.92 Å². The maximum Gasteiger partial charge on any atom is 0.132 e. The van der Waals surface area contributed by atoms with Crippen molar-refractivity contribution in [2.24, 2.45) is 0 Å². The number of thiol groups is 1. The van der Waals surface area contributed by atoms with E-state index in [0.717, 1.165) is 57.3 Å². The molecule has 0 saturated carbocycles. The molecular formula is C16H25N3OS. The van der Waals surface area contributed by atoms with Crippen molar-refractivity contribution in [3.63, 3.8) is 0 Å². The van der Waals surface area contributed by atoms with Crippen LogP contribution in [0.4, 0.5) is 5.82 Å². The van der Waals surface area contributed by atoms with E-state index in [-0.39, 0.29) is 5.25 Å². The fourth-order valence-electron chi connectivity index (χ4n) is 3.08. The zero-order valence-corrected chi connectivity index (χ0v) is 13.9. The number of nitrogens with zero attached hydrogens (tertiary/aromatic N) is 3. The van der Waals surface area contributed by atoms with Crippen molar-refractivity contribution in [2.45, 2.75) is 24.5 Å². The predicted octanol–water partition coefficient (Wildman–Crippen LogP) is 2.33. The van der Waals surface area contributed by atoms with E-state index in [9.17, 15) is 0 Å². The number of likely N-dealkylation sites (N-methyl/N-ethyl adjacent to an activating group) is 1. The number of rotatable bonds is 3. The lowest BCUT2D eigenvalue weighted by Gasteiger charge is -2.35. The number of ether oxygens (including phenoxy) is 1. The summed E-state index contributed by atoms with van der Waals surface area (Å²) in [5.74, 6) is 1.66. The molecule has 0 radical (unpaired) electrons. The van der Waals surface area contributed by atoms with E-state index in [1.54, 1.807) is 0 Å². The maximum atomic E-state index is 5.58. The molecule has 4 nitrogen and oxygen atoms in total. The van der Waals surface area contributed by atoms with Gasteiger partial charge in [-0.25, -0.2) is 4.98 Å². The van der Waals surface area contributed by atoms with Crippen LogP contribution in [0, 0.1) is 0 Å². The lowest BCUT2D eigenvalue weighted by atomic mass is 9.98. The lowest BCUT2D eigenvalue weighted by Crippen LogP contribution is -2.45. The summed E-state index contributed by atoms with van der Waals surface area (Å²) in [4.78, 5) is 9.75. The molecule has 0 amide bonds. The molecule has 3 rings (SSSR count). The first-order valence-electron chi connectivity index (χ1n) is 7.85. The van der Waals surface area contributed by atoms with E-state index in [1.807, 2.05) is 0 Å². The van der Waals surface area contributed by atoms with Crippen LogP contribution in [-0.4, -0.2) is 56.3 Å². The van der Waals surface area contributed by atoms with Crippen molar-refractivity contribution in [1.29, 1.82) is 0 Å². The van der Waals surface area contributed by atoms with Gasteiger partial charge in [0.25, 0.3) is 0 Å². The second kappa shape index (κ2) is 6.55. The maximum absolute atomic E-state index is 5.58. The Balaban J connectivity index is 1.91. The first-order valence-corrected chi connectivity index (χ1v) is 8.37. The van der Waals surface area contributed by atoms with E-state index in [2.05, 4.69) is 48.5 Å². The summed E-state index contributed by atoms with van der Waals surface area (Å²) in [6.07, 6.45) is 1.11. The highest BCUT2D eigenvalue weighted by atomic mass is 32.1. The highest BCUT2D eigenvalue weighted by Gasteiger charge is 2.26. The zero-order chi connectivity index (χ0) is 14.8. The predicted molar refractivity (Wildman–Crippen MR) is 89.5 cm³/mol. The van der Waals surface area contributed by atoms with E-state index in [1.165, 1.54) is 5.56 Å². The van der Waals surface area contributed by atoms with Gasteiger partial charge in [0.2, 0.25) is 0 Å². The Morgan fingerprint density at radius 1 is 1.29 bits per heavy atom. The van der Waals surface area contributed by atoms with Gasteiger partial charge >= 0.3 is 0 Å². The summed E-state index contributed by atoms with van der Waals surface area (Å²) in [5.41, 5.74) is 2.42. The van der Waals surface area contributed by atoms with Crippen LogP contribution in [0.25, 0.3) is 0 Å². The Morgan fingerprint density at radius 2 is 2.05 bits per heavy atom. The van der Waals surface area contributed by atoms with Gasteiger partial charge in [-0.3, -0.25) is 0 Å². The van der Waals surface area contributed by atoms with Crippen LogP contribution in [0.15, 0.2) is 12.1 Å². The number of hydrogen-bond acceptors (Lipinski definition) is 5. The number of aromatic nitrogens is 1. The van der Waals surface area contributed by atoms with Crippen molar-refractivity contribution >= 4 is 18.4 Å². The van der Waals surface area contributed by atoms with Gasteiger partial charge in [-0.05, 0) is 26.5 Å². The van der Waals surface area contributed by atoms with Crippen LogP contribution in [-0.2, 0) is 4.74 Å². The third-order valence-electron chi connectivity index (χ3n) is 4.53. The zero-order valence-electron chi connectivity index (χ0n) is 13.0. The molecule has 0 N–H and O–H groups in total. The SMILES string of the molecule is CC(S)c1ccc([C@H]2CCOC2)c(N2CCN(C)CC2)n1. The molecule has 116 valence electrons. The van der Waals surface area contributed by atoms with Crippen LogP contribution >= 0.6 is 12.6 Å². The molecule has 21 heavy (non-hydrogen) atoms. The van der Waals surface area contributed by atoms with E-state index in [4.69, 9.17) is 9.72 Å². The Hall–Kier alpha value is -0.780. The van der Waals surface area contributed by atoms with Gasteiger partial charge in [-0.2, -0.15) is 12.6 Å². The second-order valence-corrected chi connectivity index (χ2v) is 6.95. The molecule has 3 heterocycles. The smallest absolute Gasteiger partial charge is 0.132 e. The molecule has 2 atom stereocenters.